The lowest BCUT2D eigenvalue weighted by Crippen LogP contribution is -2.33. The first-order valence-electron chi connectivity index (χ1n) is 10.4. The van der Waals surface area contributed by atoms with Crippen molar-refractivity contribution in [2.75, 3.05) is 41.3 Å². The number of benzene rings is 1. The Labute approximate surface area is 168 Å². The summed E-state index contributed by atoms with van der Waals surface area (Å²) >= 11 is 0. The molecule has 1 aromatic carbocycles. The zero-order chi connectivity index (χ0) is 20.1. The Kier molecular flexibility index (Phi) is 6.55. The Bertz CT molecular complexity index is 808. The summed E-state index contributed by atoms with van der Waals surface area (Å²) in [7, 11) is 0. The molecule has 0 bridgehead atoms. The number of rotatable bonds is 6. The van der Waals surface area contributed by atoms with E-state index >= 15 is 0 Å². The average molecular weight is 381 g/mol. The molecule has 1 fully saturated rings. The van der Waals surface area contributed by atoms with Crippen molar-refractivity contribution in [2.45, 2.75) is 40.5 Å². The van der Waals surface area contributed by atoms with E-state index in [9.17, 15) is 4.79 Å². The fraction of sp³-hybridized carbons (Fsp3) is 0.478. The monoisotopic (exact) mass is 380 g/mol. The minimum atomic E-state index is -0.113. The van der Waals surface area contributed by atoms with Crippen molar-refractivity contribution in [3.05, 3.63) is 47.8 Å². The van der Waals surface area contributed by atoms with Gasteiger partial charge >= 0.3 is 0 Å². The van der Waals surface area contributed by atoms with Crippen LogP contribution in [0.2, 0.25) is 0 Å². The van der Waals surface area contributed by atoms with E-state index in [0.717, 1.165) is 49.0 Å². The maximum Gasteiger partial charge on any atom is 0.257 e. The summed E-state index contributed by atoms with van der Waals surface area (Å²) in [4.78, 5) is 21.7. The topological polar surface area (TPSA) is 48.5 Å². The van der Waals surface area contributed by atoms with E-state index in [1.165, 1.54) is 18.5 Å². The molecule has 5 heteroatoms. The van der Waals surface area contributed by atoms with Crippen molar-refractivity contribution < 1.29 is 4.79 Å². The minimum absolute atomic E-state index is 0.113. The molecule has 1 aromatic heterocycles. The highest BCUT2D eigenvalue weighted by Crippen LogP contribution is 2.25. The van der Waals surface area contributed by atoms with E-state index in [-0.39, 0.29) is 5.91 Å². The van der Waals surface area contributed by atoms with E-state index in [4.69, 9.17) is 0 Å². The Morgan fingerprint density at radius 3 is 2.54 bits per heavy atom. The molecule has 150 valence electrons. The van der Waals surface area contributed by atoms with Crippen molar-refractivity contribution >= 4 is 23.0 Å². The molecular formula is C23H32N4O. The molecule has 1 N–H and O–H groups in total. The summed E-state index contributed by atoms with van der Waals surface area (Å²) in [6, 6.07) is 8.15. The third-order valence-electron chi connectivity index (χ3n) is 5.72. The van der Waals surface area contributed by atoms with Gasteiger partial charge in [0.1, 0.15) is 0 Å². The third-order valence-corrected chi connectivity index (χ3v) is 5.72. The number of hydrogen-bond acceptors (Lipinski definition) is 4. The second-order valence-electron chi connectivity index (χ2n) is 7.73. The third kappa shape index (κ3) is 4.64. The molecule has 1 aliphatic heterocycles. The lowest BCUT2D eigenvalue weighted by Gasteiger charge is -2.32. The summed E-state index contributed by atoms with van der Waals surface area (Å²) in [6.07, 6.45) is 5.88. The van der Waals surface area contributed by atoms with Crippen LogP contribution < -0.4 is 15.1 Å². The maximum absolute atomic E-state index is 12.8. The number of nitrogens with one attached hydrogen (secondary N) is 1. The number of nitrogens with zero attached hydrogens (tertiary/aromatic N) is 3. The van der Waals surface area contributed by atoms with E-state index in [2.05, 4.69) is 53.0 Å². The number of piperidine rings is 1. The summed E-state index contributed by atoms with van der Waals surface area (Å²) in [5, 5.41) is 3.05. The number of carbonyl (C=O) groups excluding carboxylic acids is 1. The van der Waals surface area contributed by atoms with E-state index in [1.54, 1.807) is 6.20 Å². The fourth-order valence-corrected chi connectivity index (χ4v) is 3.76. The highest BCUT2D eigenvalue weighted by molar-refractivity contribution is 6.05. The SMILES string of the molecule is CCN(CC)c1ccc(NC(=O)c2cncc(N3CCC(C)CC3)c2)c(C)c1. The molecule has 0 saturated carbocycles. The summed E-state index contributed by atoms with van der Waals surface area (Å²) in [6.45, 7) is 12.6. The van der Waals surface area contributed by atoms with Crippen LogP contribution in [0.15, 0.2) is 36.7 Å². The molecule has 1 amide bonds. The van der Waals surface area contributed by atoms with Gasteiger partial charge in [0.15, 0.2) is 0 Å². The van der Waals surface area contributed by atoms with Crippen LogP contribution in [0.4, 0.5) is 17.1 Å². The van der Waals surface area contributed by atoms with Crippen LogP contribution in [0, 0.1) is 12.8 Å². The Hall–Kier alpha value is -2.56. The largest absolute Gasteiger partial charge is 0.372 e. The van der Waals surface area contributed by atoms with Crippen molar-refractivity contribution in [2.24, 2.45) is 5.92 Å². The Morgan fingerprint density at radius 2 is 1.89 bits per heavy atom. The first kappa shape index (κ1) is 20.2. The summed E-state index contributed by atoms with van der Waals surface area (Å²) < 4.78 is 0. The smallest absolute Gasteiger partial charge is 0.257 e. The highest BCUT2D eigenvalue weighted by Gasteiger charge is 2.18. The van der Waals surface area contributed by atoms with Crippen LogP contribution in [0.5, 0.6) is 0 Å². The number of pyridine rings is 1. The van der Waals surface area contributed by atoms with Gasteiger partial charge in [-0.3, -0.25) is 9.78 Å². The fourth-order valence-electron chi connectivity index (χ4n) is 3.76. The highest BCUT2D eigenvalue weighted by atomic mass is 16.1. The van der Waals surface area contributed by atoms with E-state index in [0.29, 0.717) is 5.56 Å². The summed E-state index contributed by atoms with van der Waals surface area (Å²) in [5.74, 6) is 0.663. The second kappa shape index (κ2) is 9.09. The molecule has 1 aliphatic rings. The lowest BCUT2D eigenvalue weighted by molar-refractivity contribution is 0.102. The number of aryl methyl sites for hydroxylation is 1. The van der Waals surface area contributed by atoms with Gasteiger partial charge in [0.2, 0.25) is 0 Å². The molecule has 2 heterocycles. The number of hydrogen-bond donors (Lipinski definition) is 1. The van der Waals surface area contributed by atoms with Gasteiger partial charge in [-0.15, -0.1) is 0 Å². The summed E-state index contributed by atoms with van der Waals surface area (Å²) in [5.41, 5.74) is 4.73. The van der Waals surface area contributed by atoms with Crippen molar-refractivity contribution in [3.8, 4) is 0 Å². The van der Waals surface area contributed by atoms with E-state index < -0.39 is 0 Å². The van der Waals surface area contributed by atoms with Gasteiger partial charge < -0.3 is 15.1 Å². The van der Waals surface area contributed by atoms with Crippen LogP contribution >= 0.6 is 0 Å². The van der Waals surface area contributed by atoms with Gasteiger partial charge in [-0.1, -0.05) is 6.92 Å². The van der Waals surface area contributed by atoms with Crippen LogP contribution in [0.1, 0.15) is 49.5 Å². The second-order valence-corrected chi connectivity index (χ2v) is 7.73. The normalized spacial score (nSPS) is 14.8. The van der Waals surface area contributed by atoms with Crippen LogP contribution in [-0.4, -0.2) is 37.1 Å². The predicted molar refractivity (Wildman–Crippen MR) is 118 cm³/mol. The molecule has 0 unspecified atom stereocenters. The average Bonchev–Trinajstić information content (AvgIpc) is 2.71. The molecule has 2 aromatic rings. The molecule has 28 heavy (non-hydrogen) atoms. The van der Waals surface area contributed by atoms with Crippen molar-refractivity contribution in [1.29, 1.82) is 0 Å². The predicted octanol–water partition coefficient (Wildman–Crippen LogP) is 4.72. The first-order valence-corrected chi connectivity index (χ1v) is 10.4. The molecule has 0 atom stereocenters. The number of carbonyl (C=O) groups is 1. The number of anilines is 3. The minimum Gasteiger partial charge on any atom is -0.372 e. The molecule has 0 spiro atoms. The van der Waals surface area contributed by atoms with Crippen LogP contribution in [-0.2, 0) is 0 Å². The van der Waals surface area contributed by atoms with Crippen LogP contribution in [0.3, 0.4) is 0 Å². The van der Waals surface area contributed by atoms with Gasteiger partial charge in [-0.2, -0.15) is 0 Å². The Morgan fingerprint density at radius 1 is 1.18 bits per heavy atom. The molecule has 0 radical (unpaired) electrons. The molecule has 3 rings (SSSR count). The molecular weight excluding hydrogens is 348 g/mol. The first-order chi connectivity index (χ1) is 13.5. The van der Waals surface area contributed by atoms with Crippen molar-refractivity contribution in [3.63, 3.8) is 0 Å². The van der Waals surface area contributed by atoms with Gasteiger partial charge in [0.05, 0.1) is 17.4 Å². The zero-order valence-electron chi connectivity index (χ0n) is 17.5. The molecule has 1 saturated heterocycles. The van der Waals surface area contributed by atoms with Gasteiger partial charge in [0.25, 0.3) is 5.91 Å². The van der Waals surface area contributed by atoms with E-state index in [1.807, 2.05) is 25.3 Å². The van der Waals surface area contributed by atoms with Crippen molar-refractivity contribution in [1.82, 2.24) is 4.98 Å². The van der Waals surface area contributed by atoms with Gasteiger partial charge in [0, 0.05) is 43.8 Å². The quantitative estimate of drug-likeness (QED) is 0.787. The molecule has 5 nitrogen and oxygen atoms in total. The Balaban J connectivity index is 1.72. The standard InChI is InChI=1S/C23H32N4O/c1-5-26(6-2)20-7-8-22(18(4)13-20)25-23(28)19-14-21(16-24-15-19)27-11-9-17(3)10-12-27/h7-8,13-17H,5-6,9-12H2,1-4H3,(H,25,28). The maximum atomic E-state index is 12.8. The van der Waals surface area contributed by atoms with Gasteiger partial charge in [-0.05, 0) is 69.4 Å². The lowest BCUT2D eigenvalue weighted by atomic mass is 9.99. The number of amides is 1. The zero-order valence-corrected chi connectivity index (χ0v) is 17.5. The van der Waals surface area contributed by atoms with Gasteiger partial charge in [-0.25, -0.2) is 0 Å². The number of aromatic nitrogens is 1. The molecule has 0 aliphatic carbocycles. The van der Waals surface area contributed by atoms with Crippen LogP contribution in [0.25, 0.3) is 0 Å².